The summed E-state index contributed by atoms with van der Waals surface area (Å²) in [6, 6.07) is 11.5. The van der Waals surface area contributed by atoms with Gasteiger partial charge in [-0.1, -0.05) is 12.1 Å². The number of carbonyl (C=O) groups excluding carboxylic acids is 10. The SMILES string of the molecule is CC(=O)Oc1cc(OC(C)=O)c2c(c1)O[C@H](c1ccc(OC(C)=O)c(OC(C)=O)c1)[C@H](OC(C)=O)[C@H]2c1c(OC(C)=O)cc(OC(C)=O)c2c1O[C@H](c1ccc(OC(C)=O)c(OC(C)=O)c1)[C@H](OC(C)=O)C2. The number of hydrogen-bond donors (Lipinski definition) is 0. The molecule has 2 aliphatic heterocycles. The van der Waals surface area contributed by atoms with Gasteiger partial charge in [-0.05, 0) is 24.3 Å². The van der Waals surface area contributed by atoms with Gasteiger partial charge in [-0.3, -0.25) is 47.9 Å². The summed E-state index contributed by atoms with van der Waals surface area (Å²) in [4.78, 5) is 127. The van der Waals surface area contributed by atoms with Gasteiger partial charge in [0.2, 0.25) is 0 Å². The van der Waals surface area contributed by atoms with E-state index in [1.807, 2.05) is 0 Å². The first-order chi connectivity index (χ1) is 33.9. The molecule has 0 saturated carbocycles. The lowest BCUT2D eigenvalue weighted by atomic mass is 9.77. The minimum Gasteiger partial charge on any atom is -0.481 e. The minimum absolute atomic E-state index is 0.00922. The molecule has 4 aromatic rings. The van der Waals surface area contributed by atoms with Crippen molar-refractivity contribution >= 4 is 59.7 Å². The van der Waals surface area contributed by atoms with Gasteiger partial charge in [-0.2, -0.15) is 0 Å². The highest BCUT2D eigenvalue weighted by Gasteiger charge is 2.50. The lowest BCUT2D eigenvalue weighted by molar-refractivity contribution is -0.154. The number of hydrogen-bond acceptors (Lipinski definition) is 22. The standard InChI is InChI=1S/C50H46O22/c1-21(51)61-33-17-40(67-27(7)57)44-41(18-33)71-48(32-12-14-36(63-23(3)53)39(16-32)66-26(6)56)50(70-30(10)60)46(44)45-42(68-28(8)58)20-37(64-24(4)54)34-19-43(69-29(9)59)47(72-49(34)45)31-11-13-35(62-22(2)52)38(15-31)65-25(5)55/h11-18,20,43,46-48,50H,19H2,1-10H3/t43-,46-,47-,48-,50-/m1/s1. The van der Waals surface area contributed by atoms with Crippen LogP contribution in [0, 0.1) is 0 Å². The summed E-state index contributed by atoms with van der Waals surface area (Å²) in [6.45, 7) is 10.9. The maximum absolute atomic E-state index is 13.5. The van der Waals surface area contributed by atoms with Crippen molar-refractivity contribution in [2.24, 2.45) is 0 Å². The van der Waals surface area contributed by atoms with Crippen molar-refractivity contribution in [1.82, 2.24) is 0 Å². The molecule has 4 aromatic carbocycles. The van der Waals surface area contributed by atoms with Crippen LogP contribution in [-0.4, -0.2) is 71.9 Å². The van der Waals surface area contributed by atoms with Gasteiger partial charge < -0.3 is 56.8 Å². The molecule has 0 saturated heterocycles. The summed E-state index contributed by atoms with van der Waals surface area (Å²) in [6.07, 6.45) is -6.27. The van der Waals surface area contributed by atoms with Crippen LogP contribution in [0.3, 0.4) is 0 Å². The highest BCUT2D eigenvalue weighted by molar-refractivity contribution is 5.79. The monoisotopic (exact) mass is 998 g/mol. The van der Waals surface area contributed by atoms with Crippen molar-refractivity contribution in [2.45, 2.75) is 106 Å². The van der Waals surface area contributed by atoms with E-state index in [-0.39, 0.29) is 86.0 Å². The Morgan fingerprint density at radius 3 is 1.31 bits per heavy atom. The van der Waals surface area contributed by atoms with Crippen molar-refractivity contribution in [3.8, 4) is 57.5 Å². The third-order valence-electron chi connectivity index (χ3n) is 10.2. The van der Waals surface area contributed by atoms with Crippen LogP contribution in [0.2, 0.25) is 0 Å². The number of benzene rings is 4. The molecule has 0 fully saturated rings. The minimum atomic E-state index is -1.68. The summed E-state index contributed by atoms with van der Waals surface area (Å²) in [7, 11) is 0. The van der Waals surface area contributed by atoms with Gasteiger partial charge in [0.05, 0.1) is 5.92 Å². The zero-order chi connectivity index (χ0) is 52.9. The van der Waals surface area contributed by atoms with Crippen LogP contribution in [-0.2, 0) is 63.8 Å². The van der Waals surface area contributed by atoms with Gasteiger partial charge in [0.15, 0.2) is 41.3 Å². The Labute approximate surface area is 409 Å². The first kappa shape index (κ1) is 52.5. The number of fused-ring (bicyclic) bond motifs is 2. The maximum atomic E-state index is 13.5. The molecule has 5 atom stereocenters. The molecule has 2 aliphatic rings. The first-order valence-electron chi connectivity index (χ1n) is 21.7. The molecule has 72 heavy (non-hydrogen) atoms. The van der Waals surface area contributed by atoms with E-state index >= 15 is 0 Å². The maximum Gasteiger partial charge on any atom is 0.308 e. The second kappa shape index (κ2) is 21.9. The zero-order valence-electron chi connectivity index (χ0n) is 40.3. The Bertz CT molecular complexity index is 2930. The third kappa shape index (κ3) is 12.5. The van der Waals surface area contributed by atoms with Crippen molar-refractivity contribution in [3.05, 3.63) is 82.4 Å². The van der Waals surface area contributed by atoms with Crippen molar-refractivity contribution in [2.75, 3.05) is 0 Å². The van der Waals surface area contributed by atoms with Crippen molar-refractivity contribution in [3.63, 3.8) is 0 Å². The molecule has 0 unspecified atom stereocenters. The van der Waals surface area contributed by atoms with Crippen LogP contribution >= 0.6 is 0 Å². The van der Waals surface area contributed by atoms with E-state index in [4.69, 9.17) is 56.8 Å². The average molecular weight is 999 g/mol. The quantitative estimate of drug-likeness (QED) is 0.111. The van der Waals surface area contributed by atoms with E-state index in [1.54, 1.807) is 0 Å². The fourth-order valence-electron chi connectivity index (χ4n) is 8.12. The molecular weight excluding hydrogens is 953 g/mol. The highest BCUT2D eigenvalue weighted by Crippen LogP contribution is 2.59. The van der Waals surface area contributed by atoms with Gasteiger partial charge in [0, 0.05) is 122 Å². The summed E-state index contributed by atoms with van der Waals surface area (Å²) < 4.78 is 69.7. The topological polar surface area (TPSA) is 281 Å². The Hall–Kier alpha value is -8.82. The molecule has 378 valence electrons. The molecule has 22 nitrogen and oxygen atoms in total. The second-order valence-electron chi connectivity index (χ2n) is 16.1. The third-order valence-corrected chi connectivity index (χ3v) is 10.2. The molecule has 0 spiro atoms. The Balaban J connectivity index is 1.78. The summed E-state index contributed by atoms with van der Waals surface area (Å²) in [5.74, 6) is -12.6. The van der Waals surface area contributed by atoms with E-state index in [0.717, 1.165) is 69.2 Å². The lowest BCUT2D eigenvalue weighted by Crippen LogP contribution is -2.40. The van der Waals surface area contributed by atoms with Crippen LogP contribution in [0.5, 0.6) is 57.5 Å². The molecule has 0 aromatic heterocycles. The van der Waals surface area contributed by atoms with Gasteiger partial charge in [0.1, 0.15) is 40.6 Å². The number of esters is 10. The Morgan fingerprint density at radius 1 is 0.403 bits per heavy atom. The Morgan fingerprint density at radius 2 is 0.833 bits per heavy atom. The molecule has 22 heteroatoms. The van der Waals surface area contributed by atoms with Gasteiger partial charge >= 0.3 is 59.7 Å². The van der Waals surface area contributed by atoms with Crippen LogP contribution in [0.1, 0.15) is 115 Å². The van der Waals surface area contributed by atoms with E-state index in [9.17, 15) is 47.9 Å². The molecule has 0 bridgehead atoms. The number of rotatable bonds is 13. The fraction of sp³-hybridized carbons (Fsp3) is 0.320. The molecule has 0 amide bonds. The normalized spacial score (nSPS) is 17.3. The van der Waals surface area contributed by atoms with Gasteiger partial charge in [-0.25, -0.2) is 0 Å². The predicted octanol–water partition coefficient (Wildman–Crippen LogP) is 5.89. The summed E-state index contributed by atoms with van der Waals surface area (Å²) >= 11 is 0. The van der Waals surface area contributed by atoms with E-state index in [0.29, 0.717) is 0 Å². The van der Waals surface area contributed by atoms with Crippen molar-refractivity contribution < 1.29 is 105 Å². The molecule has 0 N–H and O–H groups in total. The van der Waals surface area contributed by atoms with E-state index in [2.05, 4.69) is 0 Å². The van der Waals surface area contributed by atoms with Crippen molar-refractivity contribution in [1.29, 1.82) is 0 Å². The average Bonchev–Trinajstić information content (AvgIpc) is 3.23. The fourth-order valence-corrected chi connectivity index (χ4v) is 8.12. The molecular formula is C50H46O22. The zero-order valence-corrected chi connectivity index (χ0v) is 40.3. The summed E-state index contributed by atoms with van der Waals surface area (Å²) in [5.41, 5.74) is -0.0622. The lowest BCUT2D eigenvalue weighted by Gasteiger charge is -2.42. The van der Waals surface area contributed by atoms with E-state index in [1.165, 1.54) is 54.6 Å². The van der Waals surface area contributed by atoms with Crippen LogP contribution in [0.4, 0.5) is 0 Å². The molecule has 0 aliphatic carbocycles. The largest absolute Gasteiger partial charge is 0.481 e. The molecule has 0 radical (unpaired) electrons. The first-order valence-corrected chi connectivity index (χ1v) is 21.7. The van der Waals surface area contributed by atoms with Gasteiger partial charge in [0.25, 0.3) is 0 Å². The van der Waals surface area contributed by atoms with Crippen LogP contribution in [0.15, 0.2) is 54.6 Å². The van der Waals surface area contributed by atoms with E-state index < -0.39 is 95.8 Å². The smallest absolute Gasteiger partial charge is 0.308 e. The second-order valence-corrected chi connectivity index (χ2v) is 16.1. The molecule has 2 heterocycles. The number of ether oxygens (including phenoxy) is 12. The highest BCUT2D eigenvalue weighted by atomic mass is 16.6. The Kier molecular flexibility index (Phi) is 16.0. The number of carbonyl (C=O) groups is 10. The molecule has 6 rings (SSSR count). The predicted molar refractivity (Wildman–Crippen MR) is 240 cm³/mol. The van der Waals surface area contributed by atoms with Crippen LogP contribution < -0.4 is 47.4 Å². The van der Waals surface area contributed by atoms with Gasteiger partial charge in [-0.15, -0.1) is 0 Å². The summed E-state index contributed by atoms with van der Waals surface area (Å²) in [5, 5.41) is 0. The van der Waals surface area contributed by atoms with Crippen LogP contribution in [0.25, 0.3) is 0 Å².